The lowest BCUT2D eigenvalue weighted by Crippen LogP contribution is -2.20. The smallest absolute Gasteiger partial charge is 0.331 e. The van der Waals surface area contributed by atoms with Gasteiger partial charge in [-0.25, -0.2) is 14.8 Å². The predicted molar refractivity (Wildman–Crippen MR) is 85.2 cm³/mol. The molecule has 21 heavy (non-hydrogen) atoms. The van der Waals surface area contributed by atoms with Crippen molar-refractivity contribution in [3.63, 3.8) is 0 Å². The average molecular weight is 319 g/mol. The third-order valence-corrected chi connectivity index (χ3v) is 5.37. The Bertz CT molecular complexity index is 796. The molecule has 3 aromatic rings. The maximum atomic E-state index is 11.5. The molecule has 0 spiro atoms. The molecule has 108 valence electrons. The van der Waals surface area contributed by atoms with Gasteiger partial charge in [0.1, 0.15) is 17.0 Å². The largest absolute Gasteiger partial charge is 0.479 e. The van der Waals surface area contributed by atoms with E-state index in [1.165, 1.54) is 17.7 Å². The maximum absolute atomic E-state index is 11.5. The number of carboxylic acids is 1. The summed E-state index contributed by atoms with van der Waals surface area (Å²) in [5.74, 6) is -0.350. The molecular weight excluding hydrogens is 306 g/mol. The van der Waals surface area contributed by atoms with E-state index < -0.39 is 12.0 Å². The molecule has 0 fully saturated rings. The van der Waals surface area contributed by atoms with Crippen LogP contribution in [0.3, 0.4) is 0 Å². The van der Waals surface area contributed by atoms with Crippen LogP contribution in [0.25, 0.3) is 10.2 Å². The van der Waals surface area contributed by atoms with Gasteiger partial charge >= 0.3 is 5.97 Å². The number of aromatic nitrogens is 2. The van der Waals surface area contributed by atoms with Gasteiger partial charge in [0.05, 0.1) is 5.39 Å². The number of carbonyl (C=O) groups is 1. The van der Waals surface area contributed by atoms with Gasteiger partial charge in [0.25, 0.3) is 0 Å². The molecule has 0 amide bonds. The van der Waals surface area contributed by atoms with E-state index in [1.54, 1.807) is 17.4 Å². The van der Waals surface area contributed by atoms with Gasteiger partial charge in [-0.2, -0.15) is 0 Å². The van der Waals surface area contributed by atoms with Crippen molar-refractivity contribution in [1.82, 2.24) is 9.97 Å². The second-order valence-corrected chi connectivity index (χ2v) is 6.80. The molecule has 3 rings (SSSR count). The molecule has 0 aliphatic carbocycles. The highest BCUT2D eigenvalue weighted by molar-refractivity contribution is 7.18. The van der Waals surface area contributed by atoms with Crippen molar-refractivity contribution in [3.8, 4) is 0 Å². The van der Waals surface area contributed by atoms with Crippen LogP contribution in [0.15, 0.2) is 23.8 Å². The Kier molecular flexibility index (Phi) is 3.60. The molecule has 0 saturated heterocycles. The number of carboxylic acid groups (broad SMARTS) is 1. The van der Waals surface area contributed by atoms with Crippen LogP contribution in [-0.2, 0) is 4.79 Å². The summed E-state index contributed by atoms with van der Waals surface area (Å²) in [5.41, 5.74) is 1.09. The van der Waals surface area contributed by atoms with E-state index in [0.29, 0.717) is 5.82 Å². The van der Waals surface area contributed by atoms with Crippen molar-refractivity contribution in [2.75, 3.05) is 5.32 Å². The first-order valence-electron chi connectivity index (χ1n) is 6.31. The van der Waals surface area contributed by atoms with E-state index in [1.807, 2.05) is 25.3 Å². The minimum absolute atomic E-state index is 0.572. The number of aliphatic carboxylic acids is 1. The summed E-state index contributed by atoms with van der Waals surface area (Å²) in [6, 6.07) is 2.84. The van der Waals surface area contributed by atoms with Crippen molar-refractivity contribution < 1.29 is 9.90 Å². The van der Waals surface area contributed by atoms with Gasteiger partial charge in [0.2, 0.25) is 0 Å². The van der Waals surface area contributed by atoms with E-state index in [9.17, 15) is 9.90 Å². The molecule has 0 aliphatic rings. The number of anilines is 1. The zero-order valence-corrected chi connectivity index (χ0v) is 13.1. The standard InChI is InChI=1S/C14H13N3O2S2/c1-7-8(2)21-13-10(7)12(15-6-16-13)17-11(14(18)19)9-4-3-5-20-9/h3-6,11H,1-2H3,(H,18,19)(H,15,16,17). The van der Waals surface area contributed by atoms with Gasteiger partial charge < -0.3 is 10.4 Å². The first kappa shape index (κ1) is 14.0. The fourth-order valence-electron chi connectivity index (χ4n) is 2.14. The summed E-state index contributed by atoms with van der Waals surface area (Å²) in [5, 5.41) is 15.3. The van der Waals surface area contributed by atoms with Gasteiger partial charge in [-0.3, -0.25) is 0 Å². The third kappa shape index (κ3) is 2.50. The van der Waals surface area contributed by atoms with Crippen LogP contribution in [0.4, 0.5) is 5.82 Å². The Morgan fingerprint density at radius 1 is 1.38 bits per heavy atom. The van der Waals surface area contributed by atoms with Gasteiger partial charge in [-0.15, -0.1) is 22.7 Å². The van der Waals surface area contributed by atoms with Crippen molar-refractivity contribution in [1.29, 1.82) is 0 Å². The number of aryl methyl sites for hydroxylation is 2. The predicted octanol–water partition coefficient (Wildman–Crippen LogP) is 3.61. The Labute approximate surface area is 129 Å². The van der Waals surface area contributed by atoms with E-state index in [2.05, 4.69) is 15.3 Å². The number of fused-ring (bicyclic) bond motifs is 1. The molecule has 2 N–H and O–H groups in total. The monoisotopic (exact) mass is 319 g/mol. The van der Waals surface area contributed by atoms with Crippen molar-refractivity contribution in [2.45, 2.75) is 19.9 Å². The summed E-state index contributed by atoms with van der Waals surface area (Å²) in [4.78, 5) is 22.8. The lowest BCUT2D eigenvalue weighted by atomic mass is 10.2. The fourth-order valence-corrected chi connectivity index (χ4v) is 3.90. The molecule has 3 heterocycles. The Balaban J connectivity index is 2.06. The second kappa shape index (κ2) is 5.42. The van der Waals surface area contributed by atoms with E-state index in [-0.39, 0.29) is 0 Å². The normalized spacial score (nSPS) is 12.5. The summed E-state index contributed by atoms with van der Waals surface area (Å²) < 4.78 is 0. The molecule has 1 atom stereocenters. The van der Waals surface area contributed by atoms with Crippen LogP contribution in [0.2, 0.25) is 0 Å². The minimum atomic E-state index is -0.922. The number of hydrogen-bond donors (Lipinski definition) is 2. The van der Waals surface area contributed by atoms with Crippen LogP contribution in [0.5, 0.6) is 0 Å². The zero-order chi connectivity index (χ0) is 15.0. The number of thiophene rings is 2. The summed E-state index contributed by atoms with van der Waals surface area (Å²) in [6.07, 6.45) is 1.47. The molecular formula is C14H13N3O2S2. The van der Waals surface area contributed by atoms with Gasteiger partial charge in [0, 0.05) is 9.75 Å². The molecule has 0 saturated carbocycles. The molecule has 3 aromatic heterocycles. The van der Waals surface area contributed by atoms with Crippen molar-refractivity contribution >= 4 is 44.7 Å². The average Bonchev–Trinajstić information content (AvgIpc) is 3.06. The summed E-state index contributed by atoms with van der Waals surface area (Å²) in [6.45, 7) is 4.03. The van der Waals surface area contributed by atoms with Crippen molar-refractivity contribution in [2.24, 2.45) is 0 Å². The van der Waals surface area contributed by atoms with Crippen LogP contribution in [-0.4, -0.2) is 21.0 Å². The summed E-state index contributed by atoms with van der Waals surface area (Å²) in [7, 11) is 0. The highest BCUT2D eigenvalue weighted by atomic mass is 32.1. The maximum Gasteiger partial charge on any atom is 0.331 e. The number of hydrogen-bond acceptors (Lipinski definition) is 6. The third-order valence-electron chi connectivity index (χ3n) is 3.32. The molecule has 0 aromatic carbocycles. The fraction of sp³-hybridized carbons (Fsp3) is 0.214. The second-order valence-electron chi connectivity index (χ2n) is 4.62. The van der Waals surface area contributed by atoms with E-state index in [0.717, 1.165) is 25.5 Å². The van der Waals surface area contributed by atoms with E-state index in [4.69, 9.17) is 0 Å². The topological polar surface area (TPSA) is 75.1 Å². The molecule has 0 aliphatic heterocycles. The van der Waals surface area contributed by atoms with Gasteiger partial charge in [-0.1, -0.05) is 6.07 Å². The lowest BCUT2D eigenvalue weighted by molar-refractivity contribution is -0.138. The SMILES string of the molecule is Cc1sc2ncnc(NC(C(=O)O)c3cccs3)c2c1C. The Morgan fingerprint density at radius 3 is 2.86 bits per heavy atom. The van der Waals surface area contributed by atoms with E-state index >= 15 is 0 Å². The lowest BCUT2D eigenvalue weighted by Gasteiger charge is -2.14. The van der Waals surface area contributed by atoms with Crippen LogP contribution in [0.1, 0.15) is 21.4 Å². The molecule has 0 bridgehead atoms. The zero-order valence-electron chi connectivity index (χ0n) is 11.5. The number of nitrogens with one attached hydrogen (secondary N) is 1. The highest BCUT2D eigenvalue weighted by Gasteiger charge is 2.23. The van der Waals surface area contributed by atoms with Crippen LogP contribution < -0.4 is 5.32 Å². The Morgan fingerprint density at radius 2 is 2.19 bits per heavy atom. The first-order chi connectivity index (χ1) is 10.1. The minimum Gasteiger partial charge on any atom is -0.479 e. The van der Waals surface area contributed by atoms with Gasteiger partial charge in [-0.05, 0) is 30.9 Å². The molecule has 1 unspecified atom stereocenters. The summed E-state index contributed by atoms with van der Waals surface area (Å²) >= 11 is 3.00. The van der Waals surface area contributed by atoms with Crippen LogP contribution in [0, 0.1) is 13.8 Å². The van der Waals surface area contributed by atoms with Gasteiger partial charge in [0.15, 0.2) is 6.04 Å². The first-order valence-corrected chi connectivity index (χ1v) is 8.01. The molecule has 0 radical (unpaired) electrons. The number of nitrogens with zero attached hydrogens (tertiary/aromatic N) is 2. The molecule has 7 heteroatoms. The Hall–Kier alpha value is -1.99. The molecule has 5 nitrogen and oxygen atoms in total. The van der Waals surface area contributed by atoms with Crippen molar-refractivity contribution in [3.05, 3.63) is 39.2 Å². The highest BCUT2D eigenvalue weighted by Crippen LogP contribution is 2.34. The van der Waals surface area contributed by atoms with Crippen LogP contribution >= 0.6 is 22.7 Å². The number of rotatable bonds is 4. The quantitative estimate of drug-likeness (QED) is 0.768.